The summed E-state index contributed by atoms with van der Waals surface area (Å²) in [5, 5.41) is 0. The van der Waals surface area contributed by atoms with Crippen LogP contribution in [0.25, 0.3) is 0 Å². The van der Waals surface area contributed by atoms with E-state index in [9.17, 15) is 0 Å². The minimum Gasteiger partial charge on any atom is -0.496 e. The Morgan fingerprint density at radius 1 is 1.19 bits per heavy atom. The van der Waals surface area contributed by atoms with Crippen molar-refractivity contribution in [1.82, 2.24) is 4.90 Å². The van der Waals surface area contributed by atoms with Gasteiger partial charge in [-0.1, -0.05) is 46.3 Å². The summed E-state index contributed by atoms with van der Waals surface area (Å²) in [4.78, 5) is 2.25. The van der Waals surface area contributed by atoms with E-state index in [1.54, 1.807) is 7.11 Å². The molecule has 0 aliphatic carbocycles. The number of rotatable bonds is 6. The van der Waals surface area contributed by atoms with Crippen LogP contribution >= 0.6 is 15.9 Å². The predicted octanol–water partition coefficient (Wildman–Crippen LogP) is 3.59. The van der Waals surface area contributed by atoms with Crippen LogP contribution in [-0.2, 0) is 6.54 Å². The third-order valence-corrected chi connectivity index (χ3v) is 4.07. The van der Waals surface area contributed by atoms with E-state index < -0.39 is 0 Å². The second kappa shape index (κ2) is 7.59. The molecule has 1 atom stereocenters. The van der Waals surface area contributed by atoms with Gasteiger partial charge in [-0.3, -0.25) is 4.90 Å². The zero-order chi connectivity index (χ0) is 15.2. The quantitative estimate of drug-likeness (QED) is 0.866. The SMILES string of the molecule is COc1ccc(Br)cc1C(CN)N(C)Cc1ccccc1. The van der Waals surface area contributed by atoms with Crippen LogP contribution in [0.2, 0.25) is 0 Å². The number of halogens is 1. The summed E-state index contributed by atoms with van der Waals surface area (Å²) in [6, 6.07) is 16.5. The highest BCUT2D eigenvalue weighted by atomic mass is 79.9. The van der Waals surface area contributed by atoms with Gasteiger partial charge in [0.1, 0.15) is 5.75 Å². The van der Waals surface area contributed by atoms with Crippen molar-refractivity contribution in [2.75, 3.05) is 20.7 Å². The van der Waals surface area contributed by atoms with Crippen LogP contribution in [-0.4, -0.2) is 25.6 Å². The molecule has 0 fully saturated rings. The maximum absolute atomic E-state index is 6.02. The number of hydrogen-bond donors (Lipinski definition) is 1. The smallest absolute Gasteiger partial charge is 0.123 e. The Kier molecular flexibility index (Phi) is 5.79. The summed E-state index contributed by atoms with van der Waals surface area (Å²) in [6.45, 7) is 1.38. The molecule has 2 rings (SSSR count). The van der Waals surface area contributed by atoms with E-state index in [2.05, 4.69) is 58.2 Å². The molecule has 0 aliphatic rings. The van der Waals surface area contributed by atoms with Crippen LogP contribution in [0.1, 0.15) is 17.2 Å². The maximum atomic E-state index is 6.02. The lowest BCUT2D eigenvalue weighted by atomic mass is 10.0. The molecule has 2 aromatic carbocycles. The summed E-state index contributed by atoms with van der Waals surface area (Å²) in [5.74, 6) is 0.869. The molecule has 2 aromatic rings. The summed E-state index contributed by atoms with van der Waals surface area (Å²) in [5.41, 5.74) is 8.40. The molecular formula is C17H21BrN2O. The first kappa shape index (κ1) is 16.0. The fourth-order valence-corrected chi connectivity index (χ4v) is 2.87. The summed E-state index contributed by atoms with van der Waals surface area (Å²) < 4.78 is 6.51. The molecule has 0 aromatic heterocycles. The van der Waals surface area contributed by atoms with Crippen molar-refractivity contribution in [2.24, 2.45) is 5.73 Å². The molecule has 0 aliphatic heterocycles. The number of methoxy groups -OCH3 is 1. The Morgan fingerprint density at radius 3 is 2.52 bits per heavy atom. The van der Waals surface area contributed by atoms with Gasteiger partial charge in [0, 0.05) is 23.1 Å². The Labute approximate surface area is 134 Å². The highest BCUT2D eigenvalue weighted by molar-refractivity contribution is 9.10. The van der Waals surface area contributed by atoms with Crippen LogP contribution in [0.3, 0.4) is 0 Å². The van der Waals surface area contributed by atoms with E-state index in [0.717, 1.165) is 22.3 Å². The monoisotopic (exact) mass is 348 g/mol. The number of likely N-dealkylation sites (N-methyl/N-ethyl adjacent to an activating group) is 1. The number of benzene rings is 2. The lowest BCUT2D eigenvalue weighted by Crippen LogP contribution is -2.30. The topological polar surface area (TPSA) is 38.5 Å². The van der Waals surface area contributed by atoms with Crippen LogP contribution < -0.4 is 10.5 Å². The highest BCUT2D eigenvalue weighted by Gasteiger charge is 2.20. The van der Waals surface area contributed by atoms with Gasteiger partial charge in [-0.15, -0.1) is 0 Å². The lowest BCUT2D eigenvalue weighted by Gasteiger charge is -2.28. The summed E-state index contributed by atoms with van der Waals surface area (Å²) in [6.07, 6.45) is 0. The Bertz CT molecular complexity index is 574. The maximum Gasteiger partial charge on any atom is 0.123 e. The zero-order valence-corrected chi connectivity index (χ0v) is 14.0. The predicted molar refractivity (Wildman–Crippen MR) is 90.4 cm³/mol. The van der Waals surface area contributed by atoms with Crippen LogP contribution in [0.15, 0.2) is 53.0 Å². The molecule has 0 saturated carbocycles. The molecule has 2 N–H and O–H groups in total. The zero-order valence-electron chi connectivity index (χ0n) is 12.4. The molecule has 0 amide bonds. The molecule has 112 valence electrons. The third kappa shape index (κ3) is 4.06. The van der Waals surface area contributed by atoms with Crippen molar-refractivity contribution in [2.45, 2.75) is 12.6 Å². The van der Waals surface area contributed by atoms with Gasteiger partial charge in [0.25, 0.3) is 0 Å². The molecule has 3 nitrogen and oxygen atoms in total. The lowest BCUT2D eigenvalue weighted by molar-refractivity contribution is 0.236. The molecule has 4 heteroatoms. The van der Waals surface area contributed by atoms with E-state index in [1.165, 1.54) is 5.56 Å². The minimum atomic E-state index is 0.109. The average molecular weight is 349 g/mol. The summed E-state index contributed by atoms with van der Waals surface area (Å²) >= 11 is 3.52. The van der Waals surface area contributed by atoms with Gasteiger partial charge >= 0.3 is 0 Å². The largest absolute Gasteiger partial charge is 0.496 e. The number of ether oxygens (including phenoxy) is 1. The number of hydrogen-bond acceptors (Lipinski definition) is 3. The van der Waals surface area contributed by atoms with Gasteiger partial charge in [0.05, 0.1) is 13.2 Å². The first-order valence-electron chi connectivity index (χ1n) is 6.93. The van der Waals surface area contributed by atoms with Gasteiger partial charge in [-0.25, -0.2) is 0 Å². The van der Waals surface area contributed by atoms with Gasteiger partial charge < -0.3 is 10.5 Å². The second-order valence-corrected chi connectivity index (χ2v) is 5.95. The minimum absolute atomic E-state index is 0.109. The van der Waals surface area contributed by atoms with E-state index in [4.69, 9.17) is 10.5 Å². The van der Waals surface area contributed by atoms with Crippen LogP contribution in [0.5, 0.6) is 5.75 Å². The Hall–Kier alpha value is -1.36. The molecular weight excluding hydrogens is 328 g/mol. The van der Waals surface area contributed by atoms with E-state index in [-0.39, 0.29) is 6.04 Å². The van der Waals surface area contributed by atoms with Crippen molar-refractivity contribution < 1.29 is 4.74 Å². The molecule has 0 heterocycles. The Balaban J connectivity index is 2.24. The number of nitrogens with zero attached hydrogens (tertiary/aromatic N) is 1. The van der Waals surface area contributed by atoms with Gasteiger partial charge in [0.15, 0.2) is 0 Å². The normalized spacial score (nSPS) is 12.4. The van der Waals surface area contributed by atoms with E-state index >= 15 is 0 Å². The first-order valence-corrected chi connectivity index (χ1v) is 7.72. The molecule has 0 bridgehead atoms. The molecule has 0 radical (unpaired) electrons. The third-order valence-electron chi connectivity index (χ3n) is 3.58. The van der Waals surface area contributed by atoms with Gasteiger partial charge in [-0.05, 0) is 30.8 Å². The molecule has 1 unspecified atom stereocenters. The van der Waals surface area contributed by atoms with Crippen molar-refractivity contribution >= 4 is 15.9 Å². The molecule has 0 spiro atoms. The van der Waals surface area contributed by atoms with Crippen molar-refractivity contribution in [1.29, 1.82) is 0 Å². The summed E-state index contributed by atoms with van der Waals surface area (Å²) in [7, 11) is 3.78. The highest BCUT2D eigenvalue weighted by Crippen LogP contribution is 2.31. The Morgan fingerprint density at radius 2 is 1.90 bits per heavy atom. The second-order valence-electron chi connectivity index (χ2n) is 5.04. The average Bonchev–Trinajstić information content (AvgIpc) is 2.49. The standard InChI is InChI=1S/C17H21BrN2O/c1-20(12-13-6-4-3-5-7-13)16(11-19)15-10-14(18)8-9-17(15)21-2/h3-10,16H,11-12,19H2,1-2H3. The van der Waals surface area contributed by atoms with E-state index in [0.29, 0.717) is 6.54 Å². The van der Waals surface area contributed by atoms with Gasteiger partial charge in [-0.2, -0.15) is 0 Å². The van der Waals surface area contributed by atoms with Crippen LogP contribution in [0.4, 0.5) is 0 Å². The van der Waals surface area contributed by atoms with Gasteiger partial charge in [0.2, 0.25) is 0 Å². The van der Waals surface area contributed by atoms with Crippen molar-refractivity contribution in [3.63, 3.8) is 0 Å². The van der Waals surface area contributed by atoms with Crippen molar-refractivity contribution in [3.8, 4) is 5.75 Å². The van der Waals surface area contributed by atoms with Crippen LogP contribution in [0, 0.1) is 0 Å². The van der Waals surface area contributed by atoms with Crippen molar-refractivity contribution in [3.05, 3.63) is 64.1 Å². The molecule has 0 saturated heterocycles. The first-order chi connectivity index (χ1) is 10.2. The fourth-order valence-electron chi connectivity index (χ4n) is 2.49. The molecule has 21 heavy (non-hydrogen) atoms. The fraction of sp³-hybridized carbons (Fsp3) is 0.294. The number of nitrogens with two attached hydrogens (primary N) is 1. The van der Waals surface area contributed by atoms with E-state index in [1.807, 2.05) is 18.2 Å².